The Kier molecular flexibility index (Phi) is 3.91. The van der Waals surface area contributed by atoms with E-state index >= 15 is 0 Å². The van der Waals surface area contributed by atoms with Crippen molar-refractivity contribution in [2.24, 2.45) is 0 Å². The normalized spacial score (nSPS) is 14.0. The van der Waals surface area contributed by atoms with Crippen LogP contribution in [0.3, 0.4) is 0 Å². The third kappa shape index (κ3) is 2.53. The van der Waals surface area contributed by atoms with Gasteiger partial charge in [-0.25, -0.2) is 0 Å². The summed E-state index contributed by atoms with van der Waals surface area (Å²) >= 11 is 0. The Morgan fingerprint density at radius 2 is 2.00 bits per heavy atom. The van der Waals surface area contributed by atoms with E-state index in [4.69, 9.17) is 4.98 Å². The third-order valence-electron chi connectivity index (χ3n) is 4.29. The van der Waals surface area contributed by atoms with Crippen molar-refractivity contribution < 1.29 is 4.79 Å². The molecule has 0 N–H and O–H groups in total. The number of para-hydroxylation sites is 1. The molecule has 110 valence electrons. The van der Waals surface area contributed by atoms with Crippen LogP contribution in [0.5, 0.6) is 0 Å². The van der Waals surface area contributed by atoms with E-state index in [1.807, 2.05) is 36.2 Å². The molecule has 3 rings (SSSR count). The molecule has 3 heteroatoms. The number of benzene rings is 1. The van der Waals surface area contributed by atoms with Gasteiger partial charge in [-0.05, 0) is 43.7 Å². The van der Waals surface area contributed by atoms with E-state index in [-0.39, 0.29) is 5.91 Å². The largest absolute Gasteiger partial charge is 0.342 e. The zero-order chi connectivity index (χ0) is 14.8. The predicted molar refractivity (Wildman–Crippen MR) is 85.6 cm³/mol. The number of fused-ring (bicyclic) bond motifs is 2. The number of hydrogen-bond donors (Lipinski definition) is 0. The van der Waals surface area contributed by atoms with Crippen molar-refractivity contribution in [2.75, 3.05) is 13.6 Å². The van der Waals surface area contributed by atoms with Gasteiger partial charge in [0.15, 0.2) is 0 Å². The highest BCUT2D eigenvalue weighted by Gasteiger charge is 2.24. The van der Waals surface area contributed by atoms with Crippen LogP contribution >= 0.6 is 0 Å². The lowest BCUT2D eigenvalue weighted by Crippen LogP contribution is -2.29. The van der Waals surface area contributed by atoms with Gasteiger partial charge in [0.25, 0.3) is 5.91 Å². The molecular weight excluding hydrogens is 260 g/mol. The number of aromatic nitrogens is 1. The van der Waals surface area contributed by atoms with Crippen LogP contribution in [0.4, 0.5) is 0 Å². The lowest BCUT2D eigenvalue weighted by molar-refractivity contribution is 0.0795. The van der Waals surface area contributed by atoms with Crippen molar-refractivity contribution in [3.8, 4) is 0 Å². The molecule has 2 aromatic rings. The first-order chi connectivity index (χ1) is 10.2. The molecule has 1 heterocycles. The van der Waals surface area contributed by atoms with Gasteiger partial charge in [0, 0.05) is 24.7 Å². The molecule has 3 nitrogen and oxygen atoms in total. The van der Waals surface area contributed by atoms with E-state index in [0.29, 0.717) is 0 Å². The van der Waals surface area contributed by atoms with Crippen LogP contribution in [0.25, 0.3) is 10.9 Å². The number of amides is 1. The van der Waals surface area contributed by atoms with Crippen LogP contribution in [0, 0.1) is 0 Å². The Morgan fingerprint density at radius 3 is 2.81 bits per heavy atom. The van der Waals surface area contributed by atoms with E-state index < -0.39 is 0 Å². The van der Waals surface area contributed by atoms with Gasteiger partial charge in [0.2, 0.25) is 0 Å². The summed E-state index contributed by atoms with van der Waals surface area (Å²) in [5.41, 5.74) is 4.17. The average Bonchev–Trinajstić information content (AvgIpc) is 2.52. The van der Waals surface area contributed by atoms with Crippen molar-refractivity contribution in [1.82, 2.24) is 9.88 Å². The number of aryl methyl sites for hydroxylation is 1. The molecule has 0 atom stereocenters. The van der Waals surface area contributed by atoms with Crippen molar-refractivity contribution in [3.05, 3.63) is 41.1 Å². The molecule has 1 amide bonds. The van der Waals surface area contributed by atoms with Crippen molar-refractivity contribution in [1.29, 1.82) is 0 Å². The zero-order valence-corrected chi connectivity index (χ0v) is 12.9. The first-order valence-corrected chi connectivity index (χ1v) is 7.88. The Balaban J connectivity index is 2.20. The second kappa shape index (κ2) is 5.84. The van der Waals surface area contributed by atoms with Crippen LogP contribution in [0.2, 0.25) is 0 Å². The van der Waals surface area contributed by atoms with Crippen molar-refractivity contribution in [2.45, 2.75) is 39.0 Å². The van der Waals surface area contributed by atoms with E-state index in [0.717, 1.165) is 54.4 Å². The van der Waals surface area contributed by atoms with Crippen LogP contribution < -0.4 is 0 Å². The molecule has 1 aromatic heterocycles. The fourth-order valence-electron chi connectivity index (χ4n) is 3.24. The molecule has 1 aromatic carbocycles. The standard InChI is InChI=1S/C18H22N2O/c1-3-12-20(2)18(21)17-13-8-4-6-10-15(13)19-16-11-7-5-9-14(16)17/h4,6,8,10H,3,5,7,9,11-12H2,1-2H3. The summed E-state index contributed by atoms with van der Waals surface area (Å²) < 4.78 is 0. The van der Waals surface area contributed by atoms with Crippen LogP contribution in [0.15, 0.2) is 24.3 Å². The minimum Gasteiger partial charge on any atom is -0.342 e. The van der Waals surface area contributed by atoms with Gasteiger partial charge in [-0.15, -0.1) is 0 Å². The van der Waals surface area contributed by atoms with Crippen molar-refractivity contribution in [3.63, 3.8) is 0 Å². The quantitative estimate of drug-likeness (QED) is 0.862. The van der Waals surface area contributed by atoms with Crippen LogP contribution in [-0.4, -0.2) is 29.4 Å². The molecule has 0 spiro atoms. The lowest BCUT2D eigenvalue weighted by atomic mass is 9.89. The third-order valence-corrected chi connectivity index (χ3v) is 4.29. The number of hydrogen-bond acceptors (Lipinski definition) is 2. The van der Waals surface area contributed by atoms with Gasteiger partial charge < -0.3 is 4.90 Å². The lowest BCUT2D eigenvalue weighted by Gasteiger charge is -2.23. The molecular formula is C18H22N2O. The average molecular weight is 282 g/mol. The Bertz CT molecular complexity index is 678. The summed E-state index contributed by atoms with van der Waals surface area (Å²) in [6.07, 6.45) is 5.29. The minimum atomic E-state index is 0.147. The monoisotopic (exact) mass is 282 g/mol. The Hall–Kier alpha value is -1.90. The molecule has 0 unspecified atom stereocenters. The molecule has 1 aliphatic rings. The van der Waals surface area contributed by atoms with Gasteiger partial charge in [0.1, 0.15) is 0 Å². The molecule has 0 radical (unpaired) electrons. The minimum absolute atomic E-state index is 0.147. The second-order valence-electron chi connectivity index (χ2n) is 5.86. The molecule has 0 saturated heterocycles. The Morgan fingerprint density at radius 1 is 1.24 bits per heavy atom. The molecule has 0 fully saturated rings. The molecule has 21 heavy (non-hydrogen) atoms. The number of carbonyl (C=O) groups excluding carboxylic acids is 1. The first-order valence-electron chi connectivity index (χ1n) is 7.88. The molecule has 1 aliphatic carbocycles. The fraction of sp³-hybridized carbons (Fsp3) is 0.444. The fourth-order valence-corrected chi connectivity index (χ4v) is 3.24. The van der Waals surface area contributed by atoms with E-state index in [1.54, 1.807) is 0 Å². The van der Waals surface area contributed by atoms with Gasteiger partial charge >= 0.3 is 0 Å². The van der Waals surface area contributed by atoms with Gasteiger partial charge in [-0.3, -0.25) is 9.78 Å². The number of nitrogens with zero attached hydrogens (tertiary/aromatic N) is 2. The van der Waals surface area contributed by atoms with E-state index in [2.05, 4.69) is 6.92 Å². The smallest absolute Gasteiger partial charge is 0.254 e. The number of pyridine rings is 1. The summed E-state index contributed by atoms with van der Waals surface area (Å²) in [6, 6.07) is 8.04. The number of rotatable bonds is 3. The molecule has 0 aliphatic heterocycles. The van der Waals surface area contributed by atoms with Crippen LogP contribution in [-0.2, 0) is 12.8 Å². The summed E-state index contributed by atoms with van der Waals surface area (Å²) in [6.45, 7) is 2.90. The van der Waals surface area contributed by atoms with E-state index in [1.165, 1.54) is 12.0 Å². The highest BCUT2D eigenvalue weighted by molar-refractivity contribution is 6.07. The van der Waals surface area contributed by atoms with E-state index in [9.17, 15) is 4.79 Å². The molecule has 0 saturated carbocycles. The van der Waals surface area contributed by atoms with Crippen LogP contribution in [0.1, 0.15) is 47.8 Å². The summed E-state index contributed by atoms with van der Waals surface area (Å²) in [5.74, 6) is 0.147. The topological polar surface area (TPSA) is 33.2 Å². The van der Waals surface area contributed by atoms with Gasteiger partial charge in [0.05, 0.1) is 11.1 Å². The van der Waals surface area contributed by atoms with Gasteiger partial charge in [-0.1, -0.05) is 25.1 Å². The maximum Gasteiger partial charge on any atom is 0.254 e. The maximum atomic E-state index is 12.9. The molecule has 0 bridgehead atoms. The first kappa shape index (κ1) is 14.1. The number of carbonyl (C=O) groups is 1. The van der Waals surface area contributed by atoms with Crippen molar-refractivity contribution >= 4 is 16.8 Å². The Labute approximate surface area is 126 Å². The second-order valence-corrected chi connectivity index (χ2v) is 5.86. The van der Waals surface area contributed by atoms with Gasteiger partial charge in [-0.2, -0.15) is 0 Å². The summed E-state index contributed by atoms with van der Waals surface area (Å²) in [4.78, 5) is 19.6. The summed E-state index contributed by atoms with van der Waals surface area (Å²) in [7, 11) is 1.90. The SMILES string of the molecule is CCCN(C)C(=O)c1c2c(nc3ccccc13)CCCC2. The highest BCUT2D eigenvalue weighted by atomic mass is 16.2. The predicted octanol–water partition coefficient (Wildman–Crippen LogP) is 3.60. The zero-order valence-electron chi connectivity index (χ0n) is 12.9. The highest BCUT2D eigenvalue weighted by Crippen LogP contribution is 2.30. The maximum absolute atomic E-state index is 12.9. The summed E-state index contributed by atoms with van der Waals surface area (Å²) in [5, 5.41) is 1.01.